The van der Waals surface area contributed by atoms with E-state index in [1.54, 1.807) is 0 Å². The minimum absolute atomic E-state index is 0.267. The highest BCUT2D eigenvalue weighted by Crippen LogP contribution is 2.40. The molecule has 0 bridgehead atoms. The maximum absolute atomic E-state index is 6.22. The van der Waals surface area contributed by atoms with Crippen molar-refractivity contribution in [3.05, 3.63) is 22.7 Å². The highest BCUT2D eigenvalue weighted by molar-refractivity contribution is 6.32. The average Bonchev–Trinajstić information content (AvgIpc) is 2.88. The summed E-state index contributed by atoms with van der Waals surface area (Å²) in [5, 5.41) is 4.05. The van der Waals surface area contributed by atoms with Gasteiger partial charge in [0.1, 0.15) is 0 Å². The highest BCUT2D eigenvalue weighted by Gasteiger charge is 2.20. The van der Waals surface area contributed by atoms with Gasteiger partial charge in [0, 0.05) is 13.1 Å². The molecule has 2 heterocycles. The van der Waals surface area contributed by atoms with Crippen LogP contribution in [-0.4, -0.2) is 38.4 Å². The van der Waals surface area contributed by atoms with Crippen LogP contribution in [0, 0.1) is 5.92 Å². The molecule has 2 aliphatic heterocycles. The summed E-state index contributed by atoms with van der Waals surface area (Å²) in [5.74, 6) is 2.24. The van der Waals surface area contributed by atoms with Crippen molar-refractivity contribution < 1.29 is 9.47 Å². The second kappa shape index (κ2) is 6.20. The van der Waals surface area contributed by atoms with Crippen molar-refractivity contribution in [3.63, 3.8) is 0 Å². The minimum atomic E-state index is 0.267. The first kappa shape index (κ1) is 14.0. The van der Waals surface area contributed by atoms with Gasteiger partial charge in [-0.25, -0.2) is 0 Å². The molecule has 0 aliphatic carbocycles. The summed E-state index contributed by atoms with van der Waals surface area (Å²) in [6.07, 6.45) is 2.54. The molecule has 0 spiro atoms. The third kappa shape index (κ3) is 3.19. The molecule has 0 saturated carbocycles. The molecule has 0 atom stereocenters. The average molecular weight is 297 g/mol. The molecule has 4 nitrogen and oxygen atoms in total. The van der Waals surface area contributed by atoms with E-state index >= 15 is 0 Å². The molecular weight excluding hydrogens is 276 g/mol. The number of ether oxygens (including phenoxy) is 2. The molecule has 1 aromatic rings. The Labute approximate surface area is 125 Å². The fraction of sp³-hybridized carbons (Fsp3) is 0.600. The Morgan fingerprint density at radius 1 is 1.30 bits per heavy atom. The molecule has 20 heavy (non-hydrogen) atoms. The van der Waals surface area contributed by atoms with E-state index in [1.165, 1.54) is 18.4 Å². The molecule has 0 radical (unpaired) electrons. The summed E-state index contributed by atoms with van der Waals surface area (Å²) in [5.41, 5.74) is 1.18. The maximum atomic E-state index is 6.22. The fourth-order valence-corrected chi connectivity index (χ4v) is 3.28. The zero-order valence-corrected chi connectivity index (χ0v) is 12.6. The Bertz CT molecular complexity index is 475. The molecular formula is C15H21ClN2O2. The van der Waals surface area contributed by atoms with Gasteiger partial charge in [0.05, 0.1) is 5.02 Å². The lowest BCUT2D eigenvalue weighted by molar-refractivity contribution is 0.174. The van der Waals surface area contributed by atoms with E-state index in [9.17, 15) is 0 Å². The zero-order valence-electron chi connectivity index (χ0n) is 11.8. The number of fused-ring (bicyclic) bond motifs is 1. The number of halogens is 1. The van der Waals surface area contributed by atoms with Gasteiger partial charge in [-0.1, -0.05) is 11.6 Å². The molecule has 5 heteroatoms. The predicted molar refractivity (Wildman–Crippen MR) is 79.5 cm³/mol. The lowest BCUT2D eigenvalue weighted by Crippen LogP contribution is -2.34. The Balaban J connectivity index is 1.61. The Morgan fingerprint density at radius 3 is 2.90 bits per heavy atom. The van der Waals surface area contributed by atoms with Gasteiger partial charge in [-0.05, 0) is 56.6 Å². The van der Waals surface area contributed by atoms with Crippen molar-refractivity contribution >= 4 is 11.6 Å². The van der Waals surface area contributed by atoms with Crippen molar-refractivity contribution in [2.24, 2.45) is 5.92 Å². The normalized spacial score (nSPS) is 18.8. The van der Waals surface area contributed by atoms with Crippen LogP contribution in [-0.2, 0) is 6.54 Å². The number of hydrogen-bond donors (Lipinski definition) is 1. The van der Waals surface area contributed by atoms with E-state index < -0.39 is 0 Å². The second-order valence-corrected chi connectivity index (χ2v) is 6.11. The summed E-state index contributed by atoms with van der Waals surface area (Å²) in [7, 11) is 2.17. The number of benzene rings is 1. The zero-order chi connectivity index (χ0) is 13.9. The van der Waals surface area contributed by atoms with Crippen molar-refractivity contribution in [2.75, 3.05) is 33.5 Å². The van der Waals surface area contributed by atoms with E-state index in [1.807, 2.05) is 12.1 Å². The van der Waals surface area contributed by atoms with Crippen molar-refractivity contribution in [1.82, 2.24) is 10.2 Å². The van der Waals surface area contributed by atoms with Gasteiger partial charge in [-0.15, -0.1) is 0 Å². The monoisotopic (exact) mass is 296 g/mol. The van der Waals surface area contributed by atoms with E-state index in [2.05, 4.69) is 17.3 Å². The summed E-state index contributed by atoms with van der Waals surface area (Å²) in [6, 6.07) is 4.02. The minimum Gasteiger partial charge on any atom is -0.454 e. The van der Waals surface area contributed by atoms with Crippen LogP contribution in [0.25, 0.3) is 0 Å². The molecule has 1 N–H and O–H groups in total. The van der Waals surface area contributed by atoms with E-state index in [4.69, 9.17) is 21.1 Å². The SMILES string of the molecule is CN(Cc1cc(Cl)c2c(c1)OCO2)CC1CCNCC1. The molecule has 0 unspecified atom stereocenters. The maximum Gasteiger partial charge on any atom is 0.231 e. The van der Waals surface area contributed by atoms with E-state index in [0.717, 1.165) is 37.8 Å². The van der Waals surface area contributed by atoms with Gasteiger partial charge in [0.15, 0.2) is 11.5 Å². The number of nitrogens with zero attached hydrogens (tertiary/aromatic N) is 1. The van der Waals surface area contributed by atoms with Crippen molar-refractivity contribution in [1.29, 1.82) is 0 Å². The van der Waals surface area contributed by atoms with Crippen LogP contribution >= 0.6 is 11.6 Å². The molecule has 0 amide bonds. The van der Waals surface area contributed by atoms with Gasteiger partial charge in [-0.3, -0.25) is 0 Å². The van der Waals surface area contributed by atoms with Crippen LogP contribution in [0.15, 0.2) is 12.1 Å². The third-order valence-electron chi connectivity index (χ3n) is 3.97. The molecule has 1 saturated heterocycles. The summed E-state index contributed by atoms with van der Waals surface area (Å²) >= 11 is 6.22. The van der Waals surface area contributed by atoms with Crippen molar-refractivity contribution in [2.45, 2.75) is 19.4 Å². The van der Waals surface area contributed by atoms with Gasteiger partial charge >= 0.3 is 0 Å². The standard InChI is InChI=1S/C15H21ClN2O2/c1-18(8-11-2-4-17-5-3-11)9-12-6-13(16)15-14(7-12)19-10-20-15/h6-7,11,17H,2-5,8-10H2,1H3. The summed E-state index contributed by atoms with van der Waals surface area (Å²) in [6.45, 7) is 4.58. The van der Waals surface area contributed by atoms with E-state index in [-0.39, 0.29) is 6.79 Å². The largest absolute Gasteiger partial charge is 0.454 e. The topological polar surface area (TPSA) is 33.7 Å². The molecule has 1 fully saturated rings. The number of piperidine rings is 1. The number of nitrogens with one attached hydrogen (secondary N) is 1. The Kier molecular flexibility index (Phi) is 4.34. The lowest BCUT2D eigenvalue weighted by atomic mass is 9.97. The van der Waals surface area contributed by atoms with Crippen LogP contribution in [0.2, 0.25) is 5.02 Å². The highest BCUT2D eigenvalue weighted by atomic mass is 35.5. The second-order valence-electron chi connectivity index (χ2n) is 5.70. The van der Waals surface area contributed by atoms with Crippen LogP contribution in [0.5, 0.6) is 11.5 Å². The first-order valence-electron chi connectivity index (χ1n) is 7.19. The molecule has 0 aromatic heterocycles. The Morgan fingerprint density at radius 2 is 2.10 bits per heavy atom. The first-order valence-corrected chi connectivity index (χ1v) is 7.57. The van der Waals surface area contributed by atoms with Crippen molar-refractivity contribution in [3.8, 4) is 11.5 Å². The molecule has 1 aromatic carbocycles. The summed E-state index contributed by atoms with van der Waals surface area (Å²) in [4.78, 5) is 2.36. The fourth-order valence-electron chi connectivity index (χ4n) is 2.99. The van der Waals surface area contributed by atoms with Gasteiger partial charge < -0.3 is 19.7 Å². The Hall–Kier alpha value is -0.970. The van der Waals surface area contributed by atoms with Crippen LogP contribution < -0.4 is 14.8 Å². The third-order valence-corrected chi connectivity index (χ3v) is 4.25. The number of hydrogen-bond acceptors (Lipinski definition) is 4. The quantitative estimate of drug-likeness (QED) is 0.926. The summed E-state index contributed by atoms with van der Waals surface area (Å²) < 4.78 is 10.8. The van der Waals surface area contributed by atoms with Gasteiger partial charge in [0.2, 0.25) is 6.79 Å². The van der Waals surface area contributed by atoms with Gasteiger partial charge in [-0.2, -0.15) is 0 Å². The number of rotatable bonds is 4. The molecule has 2 aliphatic rings. The van der Waals surface area contributed by atoms with Crippen LogP contribution in [0.4, 0.5) is 0 Å². The van der Waals surface area contributed by atoms with E-state index in [0.29, 0.717) is 10.8 Å². The smallest absolute Gasteiger partial charge is 0.231 e. The molecule has 110 valence electrons. The van der Waals surface area contributed by atoms with Crippen LogP contribution in [0.3, 0.4) is 0 Å². The first-order chi connectivity index (χ1) is 9.72. The molecule has 3 rings (SSSR count). The predicted octanol–water partition coefficient (Wildman–Crippen LogP) is 2.50. The lowest BCUT2D eigenvalue weighted by Gasteiger charge is -2.27. The van der Waals surface area contributed by atoms with Crippen LogP contribution in [0.1, 0.15) is 18.4 Å². The van der Waals surface area contributed by atoms with Gasteiger partial charge in [0.25, 0.3) is 0 Å².